The summed E-state index contributed by atoms with van der Waals surface area (Å²) in [7, 11) is 0. The van der Waals surface area contributed by atoms with Crippen molar-refractivity contribution >= 4 is 28.6 Å². The number of pyridine rings is 1. The number of rotatable bonds is 7. The molecule has 2 saturated heterocycles. The molecule has 2 aromatic heterocycles. The van der Waals surface area contributed by atoms with Crippen molar-refractivity contribution in [3.8, 4) is 11.5 Å². The molecule has 222 valence electrons. The van der Waals surface area contributed by atoms with E-state index in [1.807, 2.05) is 25.1 Å². The third-order valence-corrected chi connectivity index (χ3v) is 9.78. The first-order chi connectivity index (χ1) is 20.8. The van der Waals surface area contributed by atoms with Gasteiger partial charge in [0.05, 0.1) is 46.4 Å². The summed E-state index contributed by atoms with van der Waals surface area (Å²) in [6, 6.07) is 15.2. The van der Waals surface area contributed by atoms with E-state index in [1.165, 1.54) is 0 Å². The van der Waals surface area contributed by atoms with Gasteiger partial charge in [-0.3, -0.25) is 9.88 Å². The molecule has 0 spiro atoms. The number of carbonyl (C=O) groups is 1. The Morgan fingerprint density at radius 3 is 2.79 bits per heavy atom. The maximum Gasteiger partial charge on any atom is 0.335 e. The van der Waals surface area contributed by atoms with Crippen molar-refractivity contribution in [3.05, 3.63) is 82.4 Å². The zero-order valence-corrected chi connectivity index (χ0v) is 24.5. The van der Waals surface area contributed by atoms with Gasteiger partial charge in [0.2, 0.25) is 0 Å². The molecule has 4 aliphatic rings. The summed E-state index contributed by atoms with van der Waals surface area (Å²) in [6.45, 7) is 5.56. The molecule has 2 unspecified atom stereocenters. The fraction of sp³-hybridized carbons (Fsp3) is 0.406. The highest BCUT2D eigenvalue weighted by Gasteiger charge is 2.57. The lowest BCUT2D eigenvalue weighted by Crippen LogP contribution is -2.70. The van der Waals surface area contributed by atoms with Gasteiger partial charge in [0, 0.05) is 44.4 Å². The highest BCUT2D eigenvalue weighted by molar-refractivity contribution is 6.30. The minimum absolute atomic E-state index is 0.0974. The second kappa shape index (κ2) is 9.92. The molecule has 0 radical (unpaired) electrons. The number of imidazole rings is 1. The summed E-state index contributed by atoms with van der Waals surface area (Å²) >= 11 is 6.11. The van der Waals surface area contributed by atoms with Crippen LogP contribution in [-0.4, -0.2) is 62.4 Å². The summed E-state index contributed by atoms with van der Waals surface area (Å²) in [6.07, 6.45) is 4.68. The number of fused-ring (bicyclic) bond motifs is 3. The topological polar surface area (TPSA) is 111 Å². The minimum atomic E-state index is -1.08. The molecular weight excluding hydrogens is 570 g/mol. The molecular formula is C32H32ClN5O5. The monoisotopic (exact) mass is 601 g/mol. The Kier molecular flexibility index (Phi) is 6.20. The van der Waals surface area contributed by atoms with Crippen molar-refractivity contribution < 1.29 is 24.1 Å². The number of halogens is 1. The fourth-order valence-electron chi connectivity index (χ4n) is 7.15. The molecule has 2 aromatic carbocycles. The van der Waals surface area contributed by atoms with Crippen LogP contribution in [-0.2, 0) is 29.2 Å². The molecule has 8 rings (SSSR count). The second-order valence-corrected chi connectivity index (χ2v) is 12.4. The number of piperazine rings is 1. The molecule has 43 heavy (non-hydrogen) atoms. The summed E-state index contributed by atoms with van der Waals surface area (Å²) in [4.78, 5) is 23.9. The Balaban J connectivity index is 1.18. The van der Waals surface area contributed by atoms with Gasteiger partial charge in [-0.15, -0.1) is 0 Å². The Morgan fingerprint density at radius 1 is 1.19 bits per heavy atom. The van der Waals surface area contributed by atoms with Crippen LogP contribution in [0.15, 0.2) is 54.7 Å². The number of nitrogens with one attached hydrogen (secondary N) is 1. The van der Waals surface area contributed by atoms with Crippen LogP contribution >= 0.6 is 11.6 Å². The lowest BCUT2D eigenvalue weighted by atomic mass is 9.64. The van der Waals surface area contributed by atoms with Crippen LogP contribution in [0.4, 0.5) is 0 Å². The van der Waals surface area contributed by atoms with Crippen molar-refractivity contribution in [2.75, 3.05) is 19.7 Å². The first-order valence-electron chi connectivity index (χ1n) is 14.8. The smallest absolute Gasteiger partial charge is 0.335 e. The molecule has 4 atom stereocenters. The second-order valence-electron chi connectivity index (χ2n) is 12.0. The number of carboxylic acids is 1. The van der Waals surface area contributed by atoms with Crippen molar-refractivity contribution in [2.24, 2.45) is 0 Å². The van der Waals surface area contributed by atoms with E-state index in [4.69, 9.17) is 30.8 Å². The lowest BCUT2D eigenvalue weighted by Gasteiger charge is -2.59. The zero-order valence-electron chi connectivity index (χ0n) is 23.8. The number of aromatic nitrogens is 3. The predicted octanol–water partition coefficient (Wildman–Crippen LogP) is 4.68. The van der Waals surface area contributed by atoms with E-state index >= 15 is 0 Å². The minimum Gasteiger partial charge on any atom is -0.478 e. The summed E-state index contributed by atoms with van der Waals surface area (Å²) in [5, 5.41) is 14.0. The van der Waals surface area contributed by atoms with Gasteiger partial charge in [0.15, 0.2) is 11.5 Å². The molecule has 3 fully saturated rings. The number of nitrogens with zero attached hydrogens (tertiary/aromatic N) is 4. The summed E-state index contributed by atoms with van der Waals surface area (Å²) in [5.74, 6) is 0.306. The molecule has 10 nitrogen and oxygen atoms in total. The molecule has 5 heterocycles. The molecule has 0 amide bonds. The largest absolute Gasteiger partial charge is 0.478 e. The summed E-state index contributed by atoms with van der Waals surface area (Å²) in [5.41, 5.74) is 3.27. The van der Waals surface area contributed by atoms with E-state index in [1.54, 1.807) is 30.5 Å². The van der Waals surface area contributed by atoms with Crippen LogP contribution in [0.1, 0.15) is 53.6 Å². The summed E-state index contributed by atoms with van der Waals surface area (Å²) < 4.78 is 21.0. The molecule has 2 N–H and O–H groups in total. The van der Waals surface area contributed by atoms with Crippen molar-refractivity contribution in [3.63, 3.8) is 0 Å². The average Bonchev–Trinajstić information content (AvgIpc) is 3.49. The van der Waals surface area contributed by atoms with Crippen molar-refractivity contribution in [1.29, 1.82) is 0 Å². The Hall–Kier alpha value is -3.70. The first kappa shape index (κ1) is 26.9. The van der Waals surface area contributed by atoms with Crippen LogP contribution in [0.2, 0.25) is 5.02 Å². The number of hydrogen-bond donors (Lipinski definition) is 2. The van der Waals surface area contributed by atoms with Gasteiger partial charge in [-0.2, -0.15) is 0 Å². The van der Waals surface area contributed by atoms with Crippen molar-refractivity contribution in [2.45, 2.75) is 62.7 Å². The highest BCUT2D eigenvalue weighted by Crippen LogP contribution is 2.56. The number of aromatic carboxylic acids is 1. The SMILES string of the molecule is C[C@@]1(c2ccc(Cl)cn2)Oc2cccc(C34CCC3NCCN4Cc3nc4ccc(C(=O)O)cc4n3C[C@@H]3CCO3)c2O1. The molecule has 3 aliphatic heterocycles. The van der Waals surface area contributed by atoms with E-state index < -0.39 is 11.8 Å². The van der Waals surface area contributed by atoms with E-state index in [0.717, 1.165) is 67.1 Å². The van der Waals surface area contributed by atoms with Gasteiger partial charge in [0.1, 0.15) is 11.5 Å². The Bertz CT molecular complexity index is 1740. The number of hydrogen-bond acceptors (Lipinski definition) is 8. The van der Waals surface area contributed by atoms with Gasteiger partial charge in [-0.1, -0.05) is 23.7 Å². The maximum atomic E-state index is 11.8. The number of carboxylic acid groups (broad SMARTS) is 1. The first-order valence-corrected chi connectivity index (χ1v) is 15.2. The standard InChI is InChI=1S/C32H32ClN5O5/c1-31(26-8-6-20(33)16-35-26)42-25-4-2-3-22(29(25)43-31)32-11-9-27(32)34-12-13-37(32)18-28-36-23-7-5-19(30(39)40)15-24(23)38(28)17-21-10-14-41-21/h2-8,15-16,21,27,34H,9-14,17-18H2,1H3,(H,39,40)/t21-,27?,31+,32?/m0/s1. The lowest BCUT2D eigenvalue weighted by molar-refractivity contribution is -0.0814. The number of ether oxygens (including phenoxy) is 3. The van der Waals surface area contributed by atoms with E-state index in [-0.39, 0.29) is 23.2 Å². The van der Waals surface area contributed by atoms with Crippen LogP contribution < -0.4 is 14.8 Å². The molecule has 11 heteroatoms. The van der Waals surface area contributed by atoms with Crippen LogP contribution in [0, 0.1) is 0 Å². The van der Waals surface area contributed by atoms with E-state index in [2.05, 4.69) is 25.8 Å². The van der Waals surface area contributed by atoms with Gasteiger partial charge in [0.25, 0.3) is 5.79 Å². The number of benzene rings is 2. The molecule has 1 saturated carbocycles. The molecule has 0 bridgehead atoms. The molecule has 1 aliphatic carbocycles. The third kappa shape index (κ3) is 4.22. The van der Waals surface area contributed by atoms with E-state index in [0.29, 0.717) is 29.6 Å². The van der Waals surface area contributed by atoms with E-state index in [9.17, 15) is 9.90 Å². The fourth-order valence-corrected chi connectivity index (χ4v) is 7.26. The van der Waals surface area contributed by atoms with Gasteiger partial charge >= 0.3 is 5.97 Å². The average molecular weight is 602 g/mol. The van der Waals surface area contributed by atoms with Gasteiger partial charge in [-0.25, -0.2) is 9.78 Å². The van der Waals surface area contributed by atoms with Crippen LogP contribution in [0.3, 0.4) is 0 Å². The maximum absolute atomic E-state index is 11.8. The Morgan fingerprint density at radius 2 is 2.07 bits per heavy atom. The van der Waals surface area contributed by atoms with Gasteiger partial charge < -0.3 is 29.2 Å². The normalized spacial score (nSPS) is 27.9. The quantitative estimate of drug-likeness (QED) is 0.312. The molecule has 4 aromatic rings. The van der Waals surface area contributed by atoms with Gasteiger partial charge in [-0.05, 0) is 55.7 Å². The zero-order chi connectivity index (χ0) is 29.3. The van der Waals surface area contributed by atoms with Crippen LogP contribution in [0.5, 0.6) is 11.5 Å². The highest BCUT2D eigenvalue weighted by atomic mass is 35.5. The van der Waals surface area contributed by atoms with Crippen LogP contribution in [0.25, 0.3) is 11.0 Å². The predicted molar refractivity (Wildman–Crippen MR) is 158 cm³/mol. The van der Waals surface area contributed by atoms with Crippen molar-refractivity contribution in [1.82, 2.24) is 24.8 Å². The number of para-hydroxylation sites is 1. The third-order valence-electron chi connectivity index (χ3n) is 9.55. The Labute approximate surface area is 253 Å².